The molecule has 0 saturated carbocycles. The number of aliphatic hydroxyl groups is 1. The number of aliphatic hydroxyl groups excluding tert-OH is 1. The molecule has 0 fully saturated rings. The second-order valence-electron chi connectivity index (χ2n) is 8.82. The number of likely N-dealkylation sites (N-methyl/N-ethyl adjacent to an activating group) is 3. The summed E-state index contributed by atoms with van der Waals surface area (Å²) in [6.07, 6.45) is 4.48. The molecule has 2 atom stereocenters. The summed E-state index contributed by atoms with van der Waals surface area (Å²) in [7, 11) is 10.6. The lowest BCUT2D eigenvalue weighted by Crippen LogP contribution is -2.43. The topological polar surface area (TPSA) is 42.4 Å². The van der Waals surface area contributed by atoms with Crippen LogP contribution in [0.2, 0.25) is 0 Å². The minimum Gasteiger partial charge on any atom is -0.389 e. The molecule has 0 saturated heterocycles. The quantitative estimate of drug-likeness (QED) is 0.356. The van der Waals surface area contributed by atoms with Gasteiger partial charge in [-0.15, -0.1) is 0 Å². The molecule has 0 spiro atoms. The molecule has 170 valence electrons. The van der Waals surface area contributed by atoms with E-state index in [2.05, 4.69) is 68.7 Å². The number of hydrogen-bond donors (Lipinski definition) is 1. The smallest absolute Gasteiger partial charge is 0.0900 e. The van der Waals surface area contributed by atoms with Crippen LogP contribution in [-0.2, 0) is 4.74 Å². The van der Waals surface area contributed by atoms with Crippen molar-refractivity contribution in [3.63, 3.8) is 0 Å². The average Bonchev–Trinajstić information content (AvgIpc) is 2.64. The predicted octanol–water partition coefficient (Wildman–Crippen LogP) is 1.94. The van der Waals surface area contributed by atoms with Gasteiger partial charge < -0.3 is 24.5 Å². The van der Waals surface area contributed by atoms with E-state index in [-0.39, 0.29) is 0 Å². The molecule has 2 unspecified atom stereocenters. The standard InChI is InChI=1S/C22H50N4O2/c1-8-10-11-21(9-2)19-28-20-22(27)18-26(16-13-24(5)6)17-15-25(7)14-12-23(3)4/h21-22,27H,8-20H2,1-7H3. The molecule has 0 aliphatic carbocycles. The third-order valence-corrected chi connectivity index (χ3v) is 5.27. The zero-order chi connectivity index (χ0) is 21.4. The SMILES string of the molecule is CCCCC(CC)COCC(O)CN(CCN(C)C)CCN(C)CCN(C)C. The predicted molar refractivity (Wildman–Crippen MR) is 121 cm³/mol. The van der Waals surface area contributed by atoms with E-state index in [4.69, 9.17) is 4.74 Å². The third kappa shape index (κ3) is 16.7. The second kappa shape index (κ2) is 17.6. The van der Waals surface area contributed by atoms with Gasteiger partial charge in [0.2, 0.25) is 0 Å². The summed E-state index contributed by atoms with van der Waals surface area (Å²) < 4.78 is 5.86. The molecule has 0 amide bonds. The van der Waals surface area contributed by atoms with Crippen molar-refractivity contribution in [2.24, 2.45) is 5.92 Å². The Hall–Kier alpha value is -0.240. The van der Waals surface area contributed by atoms with Crippen molar-refractivity contribution in [3.05, 3.63) is 0 Å². The van der Waals surface area contributed by atoms with Gasteiger partial charge in [0.1, 0.15) is 0 Å². The molecule has 0 heterocycles. The number of ether oxygens (including phenoxy) is 1. The van der Waals surface area contributed by atoms with E-state index in [1.54, 1.807) is 0 Å². The van der Waals surface area contributed by atoms with Crippen molar-refractivity contribution in [1.29, 1.82) is 0 Å². The first kappa shape index (κ1) is 27.8. The molecule has 1 N–H and O–H groups in total. The van der Waals surface area contributed by atoms with E-state index in [0.29, 0.717) is 19.1 Å². The summed E-state index contributed by atoms with van der Waals surface area (Å²) in [5.41, 5.74) is 0. The van der Waals surface area contributed by atoms with Crippen molar-refractivity contribution in [2.45, 2.75) is 45.6 Å². The summed E-state index contributed by atoms with van der Waals surface area (Å²) in [6, 6.07) is 0. The summed E-state index contributed by atoms with van der Waals surface area (Å²) in [5.74, 6) is 0.627. The maximum absolute atomic E-state index is 10.5. The molecule has 0 bridgehead atoms. The molecular formula is C22H50N4O2. The van der Waals surface area contributed by atoms with Gasteiger partial charge >= 0.3 is 0 Å². The first-order valence-electron chi connectivity index (χ1n) is 11.2. The molecule has 0 aromatic carbocycles. The summed E-state index contributed by atoms with van der Waals surface area (Å²) >= 11 is 0. The Balaban J connectivity index is 4.28. The summed E-state index contributed by atoms with van der Waals surface area (Å²) in [6.45, 7) is 12.5. The third-order valence-electron chi connectivity index (χ3n) is 5.27. The highest BCUT2D eigenvalue weighted by atomic mass is 16.5. The van der Waals surface area contributed by atoms with Crippen LogP contribution < -0.4 is 0 Å². The number of nitrogens with zero attached hydrogens (tertiary/aromatic N) is 4. The van der Waals surface area contributed by atoms with Crippen LogP contribution in [0, 0.1) is 5.92 Å². The van der Waals surface area contributed by atoms with E-state index >= 15 is 0 Å². The fraction of sp³-hybridized carbons (Fsp3) is 1.00. The first-order valence-corrected chi connectivity index (χ1v) is 11.2. The second-order valence-corrected chi connectivity index (χ2v) is 8.82. The lowest BCUT2D eigenvalue weighted by atomic mass is 10.0. The summed E-state index contributed by atoms with van der Waals surface area (Å²) in [5, 5.41) is 10.5. The fourth-order valence-corrected chi connectivity index (χ4v) is 3.05. The van der Waals surface area contributed by atoms with Gasteiger partial charge in [0.05, 0.1) is 12.7 Å². The summed E-state index contributed by atoms with van der Waals surface area (Å²) in [4.78, 5) is 9.15. The van der Waals surface area contributed by atoms with Crippen molar-refractivity contribution in [3.8, 4) is 0 Å². The van der Waals surface area contributed by atoms with Crippen LogP contribution in [-0.4, -0.2) is 125 Å². The van der Waals surface area contributed by atoms with Crippen molar-refractivity contribution < 1.29 is 9.84 Å². The Morgan fingerprint density at radius 3 is 1.93 bits per heavy atom. The van der Waals surface area contributed by atoms with Gasteiger partial charge in [-0.2, -0.15) is 0 Å². The van der Waals surface area contributed by atoms with Gasteiger partial charge in [-0.1, -0.05) is 33.1 Å². The van der Waals surface area contributed by atoms with Crippen LogP contribution in [0.5, 0.6) is 0 Å². The van der Waals surface area contributed by atoms with Gasteiger partial charge in [-0.05, 0) is 47.6 Å². The lowest BCUT2D eigenvalue weighted by Gasteiger charge is -2.29. The van der Waals surface area contributed by atoms with Crippen LogP contribution in [0.15, 0.2) is 0 Å². The number of hydrogen-bond acceptors (Lipinski definition) is 6. The van der Waals surface area contributed by atoms with Gasteiger partial charge in [-0.3, -0.25) is 4.90 Å². The molecule has 28 heavy (non-hydrogen) atoms. The minimum absolute atomic E-state index is 0.419. The van der Waals surface area contributed by atoms with Crippen LogP contribution >= 0.6 is 0 Å². The molecule has 0 aliphatic heterocycles. The Morgan fingerprint density at radius 1 is 0.786 bits per heavy atom. The zero-order valence-corrected chi connectivity index (χ0v) is 20.0. The Morgan fingerprint density at radius 2 is 1.36 bits per heavy atom. The normalized spacial score (nSPS) is 14.6. The molecule has 6 heteroatoms. The number of unbranched alkanes of at least 4 members (excludes halogenated alkanes) is 1. The van der Waals surface area contributed by atoms with Crippen molar-refractivity contribution >= 4 is 0 Å². The average molecular weight is 403 g/mol. The largest absolute Gasteiger partial charge is 0.389 e. The fourth-order valence-electron chi connectivity index (χ4n) is 3.05. The van der Waals surface area contributed by atoms with Crippen LogP contribution in [0.3, 0.4) is 0 Å². The van der Waals surface area contributed by atoms with E-state index in [1.165, 1.54) is 19.3 Å². The van der Waals surface area contributed by atoms with Gasteiger partial charge in [-0.25, -0.2) is 0 Å². The van der Waals surface area contributed by atoms with E-state index < -0.39 is 6.10 Å². The highest BCUT2D eigenvalue weighted by Crippen LogP contribution is 2.13. The Bertz CT molecular complexity index is 342. The molecule has 0 aliphatic rings. The molecule has 0 rings (SSSR count). The van der Waals surface area contributed by atoms with Gasteiger partial charge in [0.15, 0.2) is 0 Å². The Kier molecular flexibility index (Phi) is 17.5. The Labute approximate surface area is 175 Å². The zero-order valence-electron chi connectivity index (χ0n) is 20.0. The monoisotopic (exact) mass is 402 g/mol. The molecular weight excluding hydrogens is 352 g/mol. The van der Waals surface area contributed by atoms with Gasteiger partial charge in [0.25, 0.3) is 0 Å². The highest BCUT2D eigenvalue weighted by Gasteiger charge is 2.14. The first-order chi connectivity index (χ1) is 13.3. The van der Waals surface area contributed by atoms with E-state index in [9.17, 15) is 5.11 Å². The number of rotatable bonds is 19. The molecule has 6 nitrogen and oxygen atoms in total. The van der Waals surface area contributed by atoms with Gasteiger partial charge in [0, 0.05) is 52.4 Å². The van der Waals surface area contributed by atoms with Crippen molar-refractivity contribution in [2.75, 3.05) is 94.3 Å². The maximum atomic E-state index is 10.5. The van der Waals surface area contributed by atoms with Crippen LogP contribution in [0.4, 0.5) is 0 Å². The van der Waals surface area contributed by atoms with Crippen LogP contribution in [0.1, 0.15) is 39.5 Å². The van der Waals surface area contributed by atoms with Crippen molar-refractivity contribution in [1.82, 2.24) is 19.6 Å². The molecule has 0 radical (unpaired) electrons. The molecule has 0 aromatic heterocycles. The maximum Gasteiger partial charge on any atom is 0.0900 e. The lowest BCUT2D eigenvalue weighted by molar-refractivity contribution is 0.00138. The van der Waals surface area contributed by atoms with Crippen LogP contribution in [0.25, 0.3) is 0 Å². The minimum atomic E-state index is -0.419. The highest BCUT2D eigenvalue weighted by molar-refractivity contribution is 4.68. The van der Waals surface area contributed by atoms with E-state index in [1.807, 2.05) is 0 Å². The molecule has 0 aromatic rings. The van der Waals surface area contributed by atoms with E-state index in [0.717, 1.165) is 52.3 Å².